The highest BCUT2D eigenvalue weighted by Gasteiger charge is 2.15. The Labute approximate surface area is 188 Å². The Kier molecular flexibility index (Phi) is 6.91. The van der Waals surface area contributed by atoms with Gasteiger partial charge in [-0.05, 0) is 53.0 Å². The van der Waals surface area contributed by atoms with Gasteiger partial charge in [0.05, 0.1) is 0 Å². The molecule has 154 valence electrons. The van der Waals surface area contributed by atoms with Crippen molar-refractivity contribution < 1.29 is 4.79 Å². The quantitative estimate of drug-likeness (QED) is 0.361. The highest BCUT2D eigenvalue weighted by molar-refractivity contribution is 7.80. The third-order valence-electron chi connectivity index (χ3n) is 4.76. The highest BCUT2D eigenvalue weighted by atomic mass is 35.5. The standard InChI is InChI=1S/C25H25ClN2OS/c1-25(2,3)20-11-9-18(10-12-20)23(29)19-5-4-6-22(15-19)28-24(30)27-16-17-7-13-21(26)14-8-17/h4-15H,16H2,1-3H3,(H2,27,28,30). The molecule has 0 unspecified atom stereocenters. The van der Waals surface area contributed by atoms with E-state index in [1.54, 1.807) is 0 Å². The van der Waals surface area contributed by atoms with E-state index < -0.39 is 0 Å². The number of carbonyl (C=O) groups excluding carboxylic acids is 1. The minimum Gasteiger partial charge on any atom is -0.358 e. The predicted molar refractivity (Wildman–Crippen MR) is 130 cm³/mol. The molecule has 0 saturated heterocycles. The van der Waals surface area contributed by atoms with Gasteiger partial charge in [-0.2, -0.15) is 0 Å². The van der Waals surface area contributed by atoms with Crippen molar-refractivity contribution in [3.63, 3.8) is 0 Å². The second kappa shape index (κ2) is 9.41. The summed E-state index contributed by atoms with van der Waals surface area (Å²) in [7, 11) is 0. The maximum Gasteiger partial charge on any atom is 0.193 e. The highest BCUT2D eigenvalue weighted by Crippen LogP contribution is 2.23. The zero-order chi connectivity index (χ0) is 21.7. The molecule has 0 heterocycles. The zero-order valence-electron chi connectivity index (χ0n) is 17.3. The fraction of sp³-hybridized carbons (Fsp3) is 0.200. The first-order valence-electron chi connectivity index (χ1n) is 9.77. The largest absolute Gasteiger partial charge is 0.358 e. The van der Waals surface area contributed by atoms with Crippen LogP contribution in [0, 0.1) is 0 Å². The van der Waals surface area contributed by atoms with Gasteiger partial charge in [0.25, 0.3) is 0 Å². The van der Waals surface area contributed by atoms with Crippen molar-refractivity contribution >= 4 is 40.4 Å². The Bertz CT molecular complexity index is 1040. The Hall–Kier alpha value is -2.69. The topological polar surface area (TPSA) is 41.1 Å². The summed E-state index contributed by atoms with van der Waals surface area (Å²) >= 11 is 11.3. The number of rotatable bonds is 5. The molecule has 0 atom stereocenters. The molecule has 0 radical (unpaired) electrons. The molecule has 0 aliphatic rings. The maximum absolute atomic E-state index is 12.9. The fourth-order valence-corrected chi connectivity index (χ4v) is 3.30. The second-order valence-electron chi connectivity index (χ2n) is 8.17. The van der Waals surface area contributed by atoms with Crippen molar-refractivity contribution in [2.45, 2.75) is 32.7 Å². The first-order chi connectivity index (χ1) is 14.2. The van der Waals surface area contributed by atoms with E-state index in [9.17, 15) is 4.79 Å². The monoisotopic (exact) mass is 436 g/mol. The van der Waals surface area contributed by atoms with Gasteiger partial charge in [0.2, 0.25) is 0 Å². The van der Waals surface area contributed by atoms with Gasteiger partial charge in [0.1, 0.15) is 0 Å². The van der Waals surface area contributed by atoms with Crippen LogP contribution < -0.4 is 10.6 Å². The van der Waals surface area contributed by atoms with Gasteiger partial charge in [-0.25, -0.2) is 0 Å². The van der Waals surface area contributed by atoms with Crippen LogP contribution in [0.2, 0.25) is 5.02 Å². The average molecular weight is 437 g/mol. The molecule has 2 N–H and O–H groups in total. The third kappa shape index (κ3) is 5.91. The van der Waals surface area contributed by atoms with Crippen molar-refractivity contribution in [1.29, 1.82) is 0 Å². The lowest BCUT2D eigenvalue weighted by Crippen LogP contribution is -2.27. The van der Waals surface area contributed by atoms with Crippen molar-refractivity contribution in [1.82, 2.24) is 5.32 Å². The van der Waals surface area contributed by atoms with Crippen LogP contribution >= 0.6 is 23.8 Å². The molecule has 3 aromatic rings. The Morgan fingerprint density at radius 2 is 1.60 bits per heavy atom. The van der Waals surface area contributed by atoms with Gasteiger partial charge < -0.3 is 10.6 Å². The Balaban J connectivity index is 1.64. The lowest BCUT2D eigenvalue weighted by atomic mass is 9.86. The molecule has 0 aliphatic heterocycles. The van der Waals surface area contributed by atoms with E-state index in [0.717, 1.165) is 11.3 Å². The summed E-state index contributed by atoms with van der Waals surface area (Å²) in [5.41, 5.74) is 4.38. The minimum atomic E-state index is -0.0147. The van der Waals surface area contributed by atoms with E-state index in [-0.39, 0.29) is 11.2 Å². The Morgan fingerprint density at radius 1 is 0.933 bits per heavy atom. The summed E-state index contributed by atoms with van der Waals surface area (Å²) in [5, 5.41) is 7.49. The minimum absolute atomic E-state index is 0.0147. The van der Waals surface area contributed by atoms with Gasteiger partial charge in [0.15, 0.2) is 10.9 Å². The molecule has 0 spiro atoms. The Morgan fingerprint density at radius 3 is 2.23 bits per heavy atom. The molecule has 0 bridgehead atoms. The third-order valence-corrected chi connectivity index (χ3v) is 5.26. The molecular weight excluding hydrogens is 412 g/mol. The molecule has 30 heavy (non-hydrogen) atoms. The summed E-state index contributed by atoms with van der Waals surface area (Å²) < 4.78 is 0. The molecule has 0 aromatic heterocycles. The summed E-state index contributed by atoms with van der Waals surface area (Å²) in [5.74, 6) is -0.0147. The van der Waals surface area contributed by atoms with Crippen LogP contribution in [0.15, 0.2) is 72.8 Å². The smallest absolute Gasteiger partial charge is 0.193 e. The first-order valence-corrected chi connectivity index (χ1v) is 10.6. The number of thiocarbonyl (C=S) groups is 1. The maximum atomic E-state index is 12.9. The van der Waals surface area contributed by atoms with E-state index in [0.29, 0.717) is 27.8 Å². The summed E-state index contributed by atoms with van der Waals surface area (Å²) in [6.07, 6.45) is 0. The van der Waals surface area contributed by atoms with E-state index in [4.69, 9.17) is 23.8 Å². The lowest BCUT2D eigenvalue weighted by molar-refractivity contribution is 0.103. The number of benzene rings is 3. The van der Waals surface area contributed by atoms with Crippen LogP contribution in [-0.4, -0.2) is 10.9 Å². The van der Waals surface area contributed by atoms with Gasteiger partial charge in [-0.3, -0.25) is 4.79 Å². The van der Waals surface area contributed by atoms with E-state index >= 15 is 0 Å². The zero-order valence-corrected chi connectivity index (χ0v) is 18.9. The van der Waals surface area contributed by atoms with Gasteiger partial charge in [-0.15, -0.1) is 0 Å². The molecule has 3 nitrogen and oxygen atoms in total. The fourth-order valence-electron chi connectivity index (χ4n) is 2.99. The van der Waals surface area contributed by atoms with Crippen LogP contribution in [-0.2, 0) is 12.0 Å². The van der Waals surface area contributed by atoms with Gasteiger partial charge in [0, 0.05) is 28.4 Å². The van der Waals surface area contributed by atoms with Gasteiger partial charge in [-0.1, -0.05) is 80.9 Å². The second-order valence-corrected chi connectivity index (χ2v) is 9.02. The average Bonchev–Trinajstić information content (AvgIpc) is 2.72. The summed E-state index contributed by atoms with van der Waals surface area (Å²) in [6, 6.07) is 22.8. The summed E-state index contributed by atoms with van der Waals surface area (Å²) in [4.78, 5) is 12.9. The number of hydrogen-bond donors (Lipinski definition) is 2. The van der Waals surface area contributed by atoms with Crippen LogP contribution in [0.3, 0.4) is 0 Å². The van der Waals surface area contributed by atoms with Crippen LogP contribution in [0.25, 0.3) is 0 Å². The van der Waals surface area contributed by atoms with E-state index in [1.165, 1.54) is 5.56 Å². The lowest BCUT2D eigenvalue weighted by Gasteiger charge is -2.19. The molecular formula is C25H25ClN2OS. The molecule has 5 heteroatoms. The first kappa shape index (κ1) is 22.0. The van der Waals surface area contributed by atoms with E-state index in [2.05, 4.69) is 31.4 Å². The van der Waals surface area contributed by atoms with Crippen LogP contribution in [0.5, 0.6) is 0 Å². The molecule has 0 aliphatic carbocycles. The molecule has 0 fully saturated rings. The number of nitrogens with one attached hydrogen (secondary N) is 2. The number of ketones is 1. The van der Waals surface area contributed by atoms with Crippen molar-refractivity contribution in [3.8, 4) is 0 Å². The summed E-state index contributed by atoms with van der Waals surface area (Å²) in [6.45, 7) is 7.05. The normalized spacial score (nSPS) is 11.1. The predicted octanol–water partition coefficient (Wildman–Crippen LogP) is 6.36. The number of hydrogen-bond acceptors (Lipinski definition) is 2. The molecule has 0 amide bonds. The molecule has 0 saturated carbocycles. The number of anilines is 1. The van der Waals surface area contributed by atoms with Crippen LogP contribution in [0.1, 0.15) is 47.8 Å². The van der Waals surface area contributed by atoms with Crippen LogP contribution in [0.4, 0.5) is 5.69 Å². The van der Waals surface area contributed by atoms with Crippen molar-refractivity contribution in [2.24, 2.45) is 0 Å². The van der Waals surface area contributed by atoms with E-state index in [1.807, 2.05) is 72.8 Å². The SMILES string of the molecule is CC(C)(C)c1ccc(C(=O)c2cccc(NC(=S)NCc3ccc(Cl)cc3)c2)cc1. The number of carbonyl (C=O) groups is 1. The van der Waals surface area contributed by atoms with Crippen molar-refractivity contribution in [2.75, 3.05) is 5.32 Å². The molecule has 3 aromatic carbocycles. The molecule has 3 rings (SSSR count). The van der Waals surface area contributed by atoms with Gasteiger partial charge >= 0.3 is 0 Å². The van der Waals surface area contributed by atoms with Crippen molar-refractivity contribution in [3.05, 3.63) is 100 Å². The number of halogens is 1.